The van der Waals surface area contributed by atoms with Crippen LogP contribution in [0.2, 0.25) is 0 Å². The number of carbonyl (C=O) groups excluding carboxylic acids is 2. The average Bonchev–Trinajstić information content (AvgIpc) is 2.75. The number of carboxylic acids is 1. The number of benzene rings is 1. The highest BCUT2D eigenvalue weighted by molar-refractivity contribution is 5.88. The summed E-state index contributed by atoms with van der Waals surface area (Å²) >= 11 is 0. The van der Waals surface area contributed by atoms with E-state index in [1.807, 2.05) is 13.8 Å². The fraction of sp³-hybridized carbons (Fsp3) is 0.500. The molecule has 2 amide bonds. The second-order valence-corrected chi connectivity index (χ2v) is 8.55. The lowest BCUT2D eigenvalue weighted by molar-refractivity contribution is -0.146. The number of likely N-dealkylation sites (tertiary alicyclic amines) is 1. The van der Waals surface area contributed by atoms with Gasteiger partial charge >= 0.3 is 11.7 Å². The van der Waals surface area contributed by atoms with Crippen LogP contribution in [0, 0.1) is 11.8 Å². The summed E-state index contributed by atoms with van der Waals surface area (Å²) in [5.41, 5.74) is -0.898. The first-order valence-corrected chi connectivity index (χ1v) is 10.7. The molecule has 10 heteroatoms. The first-order chi connectivity index (χ1) is 15.2. The molecule has 0 radical (unpaired) electrons. The van der Waals surface area contributed by atoms with Gasteiger partial charge < -0.3 is 20.3 Å². The number of nitrogens with zero attached hydrogens (tertiary/aromatic N) is 2. The van der Waals surface area contributed by atoms with Crippen molar-refractivity contribution in [2.45, 2.75) is 45.7 Å². The largest absolute Gasteiger partial charge is 0.481 e. The molecule has 0 bridgehead atoms. The Morgan fingerprint density at radius 2 is 1.81 bits per heavy atom. The van der Waals surface area contributed by atoms with Gasteiger partial charge in [-0.2, -0.15) is 0 Å². The molecule has 1 saturated heterocycles. The number of piperidine rings is 1. The van der Waals surface area contributed by atoms with Gasteiger partial charge in [0.25, 0.3) is 5.56 Å². The Morgan fingerprint density at radius 1 is 1.16 bits per heavy atom. The number of aromatic nitrogens is 2. The number of fused-ring (bicyclic) bond motifs is 1. The number of amides is 2. The Kier molecular flexibility index (Phi) is 7.12. The fourth-order valence-corrected chi connectivity index (χ4v) is 3.99. The molecule has 32 heavy (non-hydrogen) atoms. The van der Waals surface area contributed by atoms with Crippen LogP contribution in [0.1, 0.15) is 33.1 Å². The van der Waals surface area contributed by atoms with Crippen LogP contribution in [0.3, 0.4) is 0 Å². The number of nitrogens with one attached hydrogen (secondary N) is 2. The second kappa shape index (κ2) is 9.80. The maximum atomic E-state index is 13.0. The zero-order valence-corrected chi connectivity index (χ0v) is 18.2. The quantitative estimate of drug-likeness (QED) is 0.569. The van der Waals surface area contributed by atoms with E-state index in [4.69, 9.17) is 5.11 Å². The van der Waals surface area contributed by atoms with Crippen LogP contribution >= 0.6 is 0 Å². The Morgan fingerprint density at radius 3 is 2.44 bits per heavy atom. The number of H-pyrrole nitrogens is 1. The number of rotatable bonds is 7. The van der Waals surface area contributed by atoms with Crippen molar-refractivity contribution in [3.8, 4) is 0 Å². The average molecular weight is 444 g/mol. The Balaban J connectivity index is 1.74. The molecule has 2 aromatic rings. The van der Waals surface area contributed by atoms with Crippen molar-refractivity contribution in [2.24, 2.45) is 11.8 Å². The molecule has 1 aliphatic rings. The summed E-state index contributed by atoms with van der Waals surface area (Å²) in [5.74, 6) is -2.13. The number of aromatic amines is 1. The van der Waals surface area contributed by atoms with Crippen LogP contribution in [0.25, 0.3) is 10.9 Å². The molecule has 172 valence electrons. The summed E-state index contributed by atoms with van der Waals surface area (Å²) in [4.78, 5) is 66.0. The summed E-state index contributed by atoms with van der Waals surface area (Å²) in [7, 11) is 0. The molecule has 0 aliphatic carbocycles. The van der Waals surface area contributed by atoms with Gasteiger partial charge in [-0.25, -0.2) is 4.79 Å². The summed E-state index contributed by atoms with van der Waals surface area (Å²) in [6, 6.07) is 5.70. The van der Waals surface area contributed by atoms with Crippen molar-refractivity contribution in [3.63, 3.8) is 0 Å². The van der Waals surface area contributed by atoms with Crippen molar-refractivity contribution in [3.05, 3.63) is 45.1 Å². The lowest BCUT2D eigenvalue weighted by atomic mass is 9.95. The summed E-state index contributed by atoms with van der Waals surface area (Å²) in [5, 5.41) is 12.1. The SMILES string of the molecule is CC(C)CC(NC(=O)Cn1c(=O)[nH]c2ccccc2c1=O)C(=O)N1CCC(C(=O)O)CC1. The first-order valence-electron chi connectivity index (χ1n) is 10.7. The first kappa shape index (κ1) is 23.2. The maximum Gasteiger partial charge on any atom is 0.329 e. The number of hydrogen-bond acceptors (Lipinski definition) is 5. The highest BCUT2D eigenvalue weighted by atomic mass is 16.4. The Labute approximate surface area is 184 Å². The molecule has 3 rings (SSSR count). The van der Waals surface area contributed by atoms with Gasteiger partial charge in [0.1, 0.15) is 12.6 Å². The van der Waals surface area contributed by atoms with Crippen molar-refractivity contribution in [1.29, 1.82) is 0 Å². The summed E-state index contributed by atoms with van der Waals surface area (Å²) in [6.45, 7) is 3.94. The highest BCUT2D eigenvalue weighted by Gasteiger charge is 2.32. The van der Waals surface area contributed by atoms with E-state index < -0.39 is 41.6 Å². The lowest BCUT2D eigenvalue weighted by Gasteiger charge is -2.33. The van der Waals surface area contributed by atoms with Crippen LogP contribution in [0.15, 0.2) is 33.9 Å². The summed E-state index contributed by atoms with van der Waals surface area (Å²) < 4.78 is 0.812. The minimum absolute atomic E-state index is 0.104. The second-order valence-electron chi connectivity index (χ2n) is 8.55. The van der Waals surface area contributed by atoms with Gasteiger partial charge in [0.2, 0.25) is 11.8 Å². The Bertz CT molecular complexity index is 1130. The number of carboxylic acid groups (broad SMARTS) is 1. The predicted molar refractivity (Wildman–Crippen MR) is 117 cm³/mol. The minimum atomic E-state index is -0.866. The molecule has 3 N–H and O–H groups in total. The van der Waals surface area contributed by atoms with Crippen molar-refractivity contribution < 1.29 is 19.5 Å². The van der Waals surface area contributed by atoms with Crippen LogP contribution in [-0.2, 0) is 20.9 Å². The van der Waals surface area contributed by atoms with Crippen molar-refractivity contribution in [2.75, 3.05) is 13.1 Å². The molecule has 0 saturated carbocycles. The summed E-state index contributed by atoms with van der Waals surface area (Å²) in [6.07, 6.45) is 1.11. The van der Waals surface area contributed by atoms with Gasteiger partial charge in [0.15, 0.2) is 0 Å². The molecule has 10 nitrogen and oxygen atoms in total. The number of carbonyl (C=O) groups is 3. The van der Waals surface area contributed by atoms with Crippen molar-refractivity contribution in [1.82, 2.24) is 19.8 Å². The molecule has 2 heterocycles. The number of para-hydroxylation sites is 1. The van der Waals surface area contributed by atoms with Crippen LogP contribution in [0.4, 0.5) is 0 Å². The smallest absolute Gasteiger partial charge is 0.329 e. The molecule has 1 unspecified atom stereocenters. The van der Waals surface area contributed by atoms with Crippen LogP contribution < -0.4 is 16.6 Å². The molecule has 1 atom stereocenters. The van der Waals surface area contributed by atoms with Gasteiger partial charge in [-0.15, -0.1) is 0 Å². The van der Waals surface area contributed by atoms with Gasteiger partial charge in [-0.05, 0) is 37.3 Å². The fourth-order valence-electron chi connectivity index (χ4n) is 3.99. The third kappa shape index (κ3) is 5.24. The minimum Gasteiger partial charge on any atom is -0.481 e. The standard InChI is InChI=1S/C22H28N4O6/c1-13(2)11-17(20(29)25-9-7-14(8-10-25)21(30)31)23-18(27)12-26-19(28)15-5-3-4-6-16(15)24-22(26)32/h3-6,13-14,17H,7-12H2,1-2H3,(H,23,27)(H,24,32)(H,30,31). The van der Waals surface area contributed by atoms with Gasteiger partial charge in [-0.1, -0.05) is 26.0 Å². The molecule has 1 aliphatic heterocycles. The Hall–Kier alpha value is -3.43. The van der Waals surface area contributed by atoms with E-state index in [-0.39, 0.29) is 17.2 Å². The number of aliphatic carboxylic acids is 1. The van der Waals surface area contributed by atoms with Gasteiger partial charge in [-0.3, -0.25) is 23.7 Å². The van der Waals surface area contributed by atoms with E-state index in [1.54, 1.807) is 29.2 Å². The van der Waals surface area contributed by atoms with E-state index in [9.17, 15) is 24.0 Å². The normalized spacial score (nSPS) is 15.7. The van der Waals surface area contributed by atoms with E-state index in [1.165, 1.54) is 0 Å². The van der Waals surface area contributed by atoms with Gasteiger partial charge in [0, 0.05) is 13.1 Å². The predicted octanol–water partition coefficient (Wildman–Crippen LogP) is 0.544. The third-order valence-corrected chi connectivity index (χ3v) is 5.69. The third-order valence-electron chi connectivity index (χ3n) is 5.69. The van der Waals surface area contributed by atoms with Gasteiger partial charge in [0.05, 0.1) is 16.8 Å². The van der Waals surface area contributed by atoms with Crippen LogP contribution in [-0.4, -0.2) is 56.5 Å². The van der Waals surface area contributed by atoms with Crippen molar-refractivity contribution >= 4 is 28.7 Å². The zero-order chi connectivity index (χ0) is 23.4. The van der Waals surface area contributed by atoms with Crippen LogP contribution in [0.5, 0.6) is 0 Å². The molecule has 0 spiro atoms. The lowest BCUT2D eigenvalue weighted by Crippen LogP contribution is -2.53. The van der Waals surface area contributed by atoms with E-state index in [0.29, 0.717) is 37.9 Å². The van der Waals surface area contributed by atoms with E-state index >= 15 is 0 Å². The molecule has 1 fully saturated rings. The topological polar surface area (TPSA) is 142 Å². The molecule has 1 aromatic carbocycles. The van der Waals surface area contributed by atoms with E-state index in [0.717, 1.165) is 4.57 Å². The monoisotopic (exact) mass is 444 g/mol. The maximum absolute atomic E-state index is 13.0. The zero-order valence-electron chi connectivity index (χ0n) is 18.2. The van der Waals surface area contributed by atoms with E-state index in [2.05, 4.69) is 10.3 Å². The number of hydrogen-bond donors (Lipinski definition) is 3. The highest BCUT2D eigenvalue weighted by Crippen LogP contribution is 2.19. The molecular formula is C22H28N4O6. The molecular weight excluding hydrogens is 416 g/mol. The molecule has 1 aromatic heterocycles.